The first-order valence-electron chi connectivity index (χ1n) is 8.74. The lowest BCUT2D eigenvalue weighted by Crippen LogP contribution is -2.21. The number of hydrogen-bond donors (Lipinski definition) is 3. The zero-order valence-electron chi connectivity index (χ0n) is 16.6. The fourth-order valence-corrected chi connectivity index (χ4v) is 2.90. The SMILES string of the molecule is N.O=[SH+]([O-])c1ccc(CNc2nc(Nc3ccc(F)c(Cl)c3)nc(OCC(F)(F)F)n2)cc1. The van der Waals surface area contributed by atoms with E-state index in [1.807, 2.05) is 0 Å². The van der Waals surface area contributed by atoms with Gasteiger partial charge in [0, 0.05) is 12.2 Å². The summed E-state index contributed by atoms with van der Waals surface area (Å²) in [6.45, 7) is -1.49. The van der Waals surface area contributed by atoms with Crippen LogP contribution in [-0.4, -0.2) is 32.3 Å². The molecule has 5 N–H and O–H groups in total. The van der Waals surface area contributed by atoms with Gasteiger partial charge in [-0.15, -0.1) is 4.21 Å². The van der Waals surface area contributed by atoms with Crippen molar-refractivity contribution < 1.29 is 31.1 Å². The highest BCUT2D eigenvalue weighted by Crippen LogP contribution is 2.23. The molecule has 0 bridgehead atoms. The molecule has 3 aromatic rings. The van der Waals surface area contributed by atoms with E-state index in [0.717, 1.165) is 6.07 Å². The minimum Gasteiger partial charge on any atom is -0.612 e. The summed E-state index contributed by atoms with van der Waals surface area (Å²) in [5.74, 6) is -0.954. The van der Waals surface area contributed by atoms with Crippen molar-refractivity contribution in [1.82, 2.24) is 21.1 Å². The molecule has 3 rings (SSSR count). The molecular formula is C18H17ClF4N6O3S. The Bertz CT molecular complexity index is 1120. The summed E-state index contributed by atoms with van der Waals surface area (Å²) < 4.78 is 77.4. The number of rotatable bonds is 8. The van der Waals surface area contributed by atoms with E-state index < -0.39 is 35.7 Å². The van der Waals surface area contributed by atoms with Crippen LogP contribution in [-0.2, 0) is 21.8 Å². The van der Waals surface area contributed by atoms with Gasteiger partial charge in [0.1, 0.15) is 5.82 Å². The Kier molecular flexibility index (Phi) is 8.87. The standard InChI is InChI=1S/C18H14ClF4N5O3S.H3N/c19-13-7-11(3-6-14(13)20)25-16-26-15(27-17(28-16)31-9-18(21,22)23)24-8-10-1-4-12(5-2-10)32(29)30;/h1-7,32H,8-9H2,(H2-,24,25,26,27,28,29,30);1H3. The predicted octanol–water partition coefficient (Wildman–Crippen LogP) is 4.31. The highest BCUT2D eigenvalue weighted by Gasteiger charge is 2.29. The average molecular weight is 509 g/mol. The van der Waals surface area contributed by atoms with E-state index in [1.54, 1.807) is 12.1 Å². The van der Waals surface area contributed by atoms with E-state index in [1.165, 1.54) is 24.3 Å². The number of anilines is 3. The minimum atomic E-state index is -4.61. The van der Waals surface area contributed by atoms with Gasteiger partial charge in [-0.25, -0.2) is 4.39 Å². The van der Waals surface area contributed by atoms with E-state index in [0.29, 0.717) is 5.56 Å². The fraction of sp³-hybridized carbons (Fsp3) is 0.167. The van der Waals surface area contributed by atoms with Gasteiger partial charge >= 0.3 is 12.2 Å². The van der Waals surface area contributed by atoms with Gasteiger partial charge in [-0.1, -0.05) is 23.7 Å². The first-order chi connectivity index (χ1) is 15.1. The summed E-state index contributed by atoms with van der Waals surface area (Å²) in [4.78, 5) is 11.7. The Morgan fingerprint density at radius 1 is 1.06 bits per heavy atom. The smallest absolute Gasteiger partial charge is 0.422 e. The van der Waals surface area contributed by atoms with Crippen molar-refractivity contribution in [3.05, 3.63) is 58.9 Å². The molecule has 0 aliphatic rings. The lowest BCUT2D eigenvalue weighted by molar-refractivity contribution is -0.154. The molecule has 0 amide bonds. The molecule has 33 heavy (non-hydrogen) atoms. The van der Waals surface area contributed by atoms with Crippen molar-refractivity contribution in [3.8, 4) is 6.01 Å². The normalized spacial score (nSPS) is 11.9. The number of ether oxygens (including phenoxy) is 1. The molecule has 0 fully saturated rings. The van der Waals surface area contributed by atoms with Gasteiger partial charge in [-0.05, 0) is 35.9 Å². The first kappa shape index (κ1) is 26.2. The minimum absolute atomic E-state index is 0. The lowest BCUT2D eigenvalue weighted by atomic mass is 10.2. The fourth-order valence-electron chi connectivity index (χ4n) is 2.32. The highest BCUT2D eigenvalue weighted by atomic mass is 35.5. The number of thiol groups is 1. The zero-order chi connectivity index (χ0) is 23.3. The molecule has 0 saturated heterocycles. The third kappa shape index (κ3) is 8.09. The van der Waals surface area contributed by atoms with Gasteiger partial charge < -0.3 is 26.1 Å². The molecule has 9 nitrogen and oxygen atoms in total. The van der Waals surface area contributed by atoms with Gasteiger partial charge in [0.2, 0.25) is 11.9 Å². The molecule has 0 aliphatic carbocycles. The Hall–Kier alpha value is -3.07. The summed E-state index contributed by atoms with van der Waals surface area (Å²) in [5.41, 5.74) is 0.932. The molecule has 1 heterocycles. The topological polar surface area (TPSA) is 147 Å². The van der Waals surface area contributed by atoms with Crippen LogP contribution in [0.25, 0.3) is 0 Å². The first-order valence-corrected chi connectivity index (χ1v) is 10.3. The largest absolute Gasteiger partial charge is 0.612 e. The van der Waals surface area contributed by atoms with Gasteiger partial charge in [-0.3, -0.25) is 0 Å². The second kappa shape index (κ2) is 11.2. The van der Waals surface area contributed by atoms with Crippen LogP contribution < -0.4 is 21.5 Å². The maximum Gasteiger partial charge on any atom is 0.422 e. The summed E-state index contributed by atoms with van der Waals surface area (Å²) in [6, 6.07) is 8.96. The van der Waals surface area contributed by atoms with Crippen LogP contribution in [0.4, 0.5) is 35.1 Å². The van der Waals surface area contributed by atoms with Crippen LogP contribution in [0.3, 0.4) is 0 Å². The number of benzene rings is 2. The van der Waals surface area contributed by atoms with Crippen molar-refractivity contribution in [3.63, 3.8) is 0 Å². The van der Waals surface area contributed by atoms with E-state index in [2.05, 4.69) is 30.3 Å². The van der Waals surface area contributed by atoms with E-state index >= 15 is 0 Å². The maximum atomic E-state index is 13.3. The maximum absolute atomic E-state index is 13.3. The Balaban J connectivity index is 0.00000385. The monoisotopic (exact) mass is 508 g/mol. The van der Waals surface area contributed by atoms with Crippen LogP contribution >= 0.6 is 11.6 Å². The molecule has 2 aromatic carbocycles. The Morgan fingerprint density at radius 3 is 2.33 bits per heavy atom. The van der Waals surface area contributed by atoms with Crippen LogP contribution in [0.15, 0.2) is 47.4 Å². The zero-order valence-corrected chi connectivity index (χ0v) is 18.2. The molecule has 178 valence electrons. The summed E-state index contributed by atoms with van der Waals surface area (Å²) in [6.07, 6.45) is -4.61. The summed E-state index contributed by atoms with van der Waals surface area (Å²) in [7, 11) is 0. The number of halogens is 5. The number of alkyl halides is 3. The van der Waals surface area contributed by atoms with Crippen molar-refractivity contribution >= 4 is 40.3 Å². The quantitative estimate of drug-likeness (QED) is 0.230. The molecular weight excluding hydrogens is 492 g/mol. The lowest BCUT2D eigenvalue weighted by Gasteiger charge is -2.12. The molecule has 0 radical (unpaired) electrons. The molecule has 0 saturated carbocycles. The van der Waals surface area contributed by atoms with Gasteiger partial charge in [0.05, 0.1) is 16.1 Å². The molecule has 1 aromatic heterocycles. The van der Waals surface area contributed by atoms with E-state index in [-0.39, 0.29) is 40.2 Å². The van der Waals surface area contributed by atoms with Crippen molar-refractivity contribution in [1.29, 1.82) is 0 Å². The van der Waals surface area contributed by atoms with Crippen LogP contribution in [0.2, 0.25) is 5.02 Å². The molecule has 1 unspecified atom stereocenters. The molecule has 1 atom stereocenters. The third-order valence-electron chi connectivity index (χ3n) is 3.75. The predicted molar refractivity (Wildman–Crippen MR) is 113 cm³/mol. The molecule has 0 spiro atoms. The van der Waals surface area contributed by atoms with Crippen molar-refractivity contribution in [2.75, 3.05) is 17.2 Å². The van der Waals surface area contributed by atoms with Crippen LogP contribution in [0.1, 0.15) is 5.56 Å². The van der Waals surface area contributed by atoms with E-state index in [4.69, 9.17) is 11.6 Å². The number of nitrogens with zero attached hydrogens (tertiary/aromatic N) is 3. The third-order valence-corrected chi connectivity index (χ3v) is 4.76. The Labute approximate surface area is 192 Å². The van der Waals surface area contributed by atoms with Gasteiger partial charge in [0.25, 0.3) is 0 Å². The van der Waals surface area contributed by atoms with Gasteiger partial charge in [0.15, 0.2) is 11.5 Å². The van der Waals surface area contributed by atoms with Crippen molar-refractivity contribution in [2.45, 2.75) is 17.6 Å². The van der Waals surface area contributed by atoms with Gasteiger partial charge in [-0.2, -0.15) is 28.1 Å². The van der Waals surface area contributed by atoms with Crippen molar-refractivity contribution in [2.24, 2.45) is 0 Å². The summed E-state index contributed by atoms with van der Waals surface area (Å²) >= 11 is 3.01. The number of nitrogens with one attached hydrogen (secondary N) is 2. The number of hydrogen-bond acceptors (Lipinski definition) is 9. The summed E-state index contributed by atoms with van der Waals surface area (Å²) in [5, 5.41) is 5.30. The molecule has 15 heteroatoms. The van der Waals surface area contributed by atoms with Crippen LogP contribution in [0, 0.1) is 5.82 Å². The number of aromatic nitrogens is 3. The second-order valence-electron chi connectivity index (χ2n) is 6.20. The molecule has 0 aliphatic heterocycles. The van der Waals surface area contributed by atoms with E-state index in [9.17, 15) is 26.3 Å². The van der Waals surface area contributed by atoms with Crippen LogP contribution in [0.5, 0.6) is 6.01 Å². The highest BCUT2D eigenvalue weighted by molar-refractivity contribution is 7.79. The average Bonchev–Trinajstić information content (AvgIpc) is 2.73. The Morgan fingerprint density at radius 2 is 1.73 bits per heavy atom. The second-order valence-corrected chi connectivity index (χ2v) is 7.64.